The molecule has 2 rings (SSSR count). The Hall–Kier alpha value is -1.13. The molecule has 0 amide bonds. The summed E-state index contributed by atoms with van der Waals surface area (Å²) in [7, 11) is 0. The largest absolute Gasteiger partial charge is 0.481 e. The second-order valence-electron chi connectivity index (χ2n) is 4.65. The predicted octanol–water partition coefficient (Wildman–Crippen LogP) is 2.78. The van der Waals surface area contributed by atoms with Crippen molar-refractivity contribution < 1.29 is 14.3 Å². The molecule has 1 saturated heterocycles. The summed E-state index contributed by atoms with van der Waals surface area (Å²) < 4.78 is 13.6. The summed E-state index contributed by atoms with van der Waals surface area (Å²) >= 11 is 5.69. The molecule has 0 radical (unpaired) electrons. The fourth-order valence-corrected chi connectivity index (χ4v) is 2.45. The van der Waals surface area contributed by atoms with Gasteiger partial charge in [-0.1, -0.05) is 17.7 Å². The van der Waals surface area contributed by atoms with Crippen LogP contribution in [0.4, 0.5) is 4.39 Å². The lowest BCUT2D eigenvalue weighted by Gasteiger charge is -2.30. The van der Waals surface area contributed by atoms with Crippen molar-refractivity contribution in [2.24, 2.45) is 5.92 Å². The number of hydrogen-bond donors (Lipinski definition) is 1. The smallest absolute Gasteiger partial charge is 0.307 e. The van der Waals surface area contributed by atoms with E-state index in [0.29, 0.717) is 30.1 Å². The van der Waals surface area contributed by atoms with Crippen LogP contribution in [-0.2, 0) is 11.3 Å². The molecule has 1 aromatic carbocycles. The standard InChI is InChI=1S/C13H15ClFNO2/c14-11-4-3-9(12(15)6-11)7-16-5-1-2-10(8-16)13(17)18/h3-4,6,10H,1-2,5,7-8H2,(H,17,18)/t10-/m1/s1. The van der Waals surface area contributed by atoms with E-state index in [1.54, 1.807) is 12.1 Å². The zero-order valence-corrected chi connectivity index (χ0v) is 10.7. The number of likely N-dealkylation sites (tertiary alicyclic amines) is 1. The lowest BCUT2D eigenvalue weighted by Crippen LogP contribution is -2.38. The van der Waals surface area contributed by atoms with Gasteiger partial charge in [0.25, 0.3) is 0 Å². The van der Waals surface area contributed by atoms with Crippen molar-refractivity contribution in [2.45, 2.75) is 19.4 Å². The Morgan fingerprint density at radius 1 is 1.56 bits per heavy atom. The first-order valence-electron chi connectivity index (χ1n) is 5.95. The van der Waals surface area contributed by atoms with Crippen LogP contribution in [0.3, 0.4) is 0 Å². The number of rotatable bonds is 3. The molecule has 0 aromatic heterocycles. The maximum absolute atomic E-state index is 13.6. The molecule has 1 aromatic rings. The molecule has 0 saturated carbocycles. The highest BCUT2D eigenvalue weighted by atomic mass is 35.5. The molecule has 3 nitrogen and oxygen atoms in total. The maximum Gasteiger partial charge on any atom is 0.307 e. The Labute approximate surface area is 110 Å². The fraction of sp³-hybridized carbons (Fsp3) is 0.462. The Bertz CT molecular complexity index is 453. The molecule has 1 atom stereocenters. The summed E-state index contributed by atoms with van der Waals surface area (Å²) in [6, 6.07) is 4.59. The molecule has 1 fully saturated rings. The fourth-order valence-electron chi connectivity index (χ4n) is 2.29. The van der Waals surface area contributed by atoms with E-state index in [-0.39, 0.29) is 11.7 Å². The first-order valence-corrected chi connectivity index (χ1v) is 6.33. The van der Waals surface area contributed by atoms with Crippen LogP contribution in [0.5, 0.6) is 0 Å². The van der Waals surface area contributed by atoms with Crippen molar-refractivity contribution in [3.63, 3.8) is 0 Å². The monoisotopic (exact) mass is 271 g/mol. The molecule has 98 valence electrons. The van der Waals surface area contributed by atoms with E-state index in [0.717, 1.165) is 13.0 Å². The summed E-state index contributed by atoms with van der Waals surface area (Å²) in [6.07, 6.45) is 1.54. The number of carbonyl (C=O) groups is 1. The number of benzene rings is 1. The minimum Gasteiger partial charge on any atom is -0.481 e. The van der Waals surface area contributed by atoms with Crippen LogP contribution in [0, 0.1) is 11.7 Å². The summed E-state index contributed by atoms with van der Waals surface area (Å²) in [4.78, 5) is 12.9. The van der Waals surface area contributed by atoms with Gasteiger partial charge in [0.15, 0.2) is 0 Å². The van der Waals surface area contributed by atoms with Crippen LogP contribution in [0.1, 0.15) is 18.4 Å². The average molecular weight is 272 g/mol. The van der Waals surface area contributed by atoms with Crippen LogP contribution in [0.25, 0.3) is 0 Å². The van der Waals surface area contributed by atoms with Gasteiger partial charge in [-0.15, -0.1) is 0 Å². The van der Waals surface area contributed by atoms with Gasteiger partial charge in [0.1, 0.15) is 5.82 Å². The number of piperidine rings is 1. The number of halogens is 2. The van der Waals surface area contributed by atoms with Gasteiger partial charge in [-0.05, 0) is 31.5 Å². The first kappa shape index (κ1) is 13.3. The van der Waals surface area contributed by atoms with Gasteiger partial charge in [-0.25, -0.2) is 4.39 Å². The number of carboxylic acid groups (broad SMARTS) is 1. The Kier molecular flexibility index (Phi) is 4.19. The summed E-state index contributed by atoms with van der Waals surface area (Å²) in [6.45, 7) is 1.73. The zero-order valence-electron chi connectivity index (χ0n) is 9.90. The number of nitrogens with zero attached hydrogens (tertiary/aromatic N) is 1. The molecule has 0 unspecified atom stereocenters. The first-order chi connectivity index (χ1) is 8.56. The zero-order chi connectivity index (χ0) is 13.1. The highest BCUT2D eigenvalue weighted by Gasteiger charge is 2.25. The van der Waals surface area contributed by atoms with Crippen LogP contribution < -0.4 is 0 Å². The molecule has 1 aliphatic rings. The van der Waals surface area contributed by atoms with Crippen LogP contribution in [-0.4, -0.2) is 29.1 Å². The van der Waals surface area contributed by atoms with Gasteiger partial charge in [0, 0.05) is 23.7 Å². The van der Waals surface area contributed by atoms with Crippen molar-refractivity contribution in [3.05, 3.63) is 34.6 Å². The molecular weight excluding hydrogens is 257 g/mol. The third kappa shape index (κ3) is 3.21. The quantitative estimate of drug-likeness (QED) is 0.919. The number of aliphatic carboxylic acids is 1. The van der Waals surface area contributed by atoms with Crippen LogP contribution in [0.2, 0.25) is 5.02 Å². The highest BCUT2D eigenvalue weighted by molar-refractivity contribution is 6.30. The second kappa shape index (κ2) is 5.67. The highest BCUT2D eigenvalue weighted by Crippen LogP contribution is 2.21. The van der Waals surface area contributed by atoms with E-state index in [1.807, 2.05) is 4.90 Å². The summed E-state index contributed by atoms with van der Waals surface area (Å²) in [5.41, 5.74) is 0.561. The molecule has 18 heavy (non-hydrogen) atoms. The lowest BCUT2D eigenvalue weighted by atomic mass is 9.98. The predicted molar refractivity (Wildman–Crippen MR) is 67.0 cm³/mol. The lowest BCUT2D eigenvalue weighted by molar-refractivity contribution is -0.143. The topological polar surface area (TPSA) is 40.5 Å². The summed E-state index contributed by atoms with van der Waals surface area (Å²) in [5, 5.41) is 9.37. The molecule has 5 heteroatoms. The van der Waals surface area contributed by atoms with Gasteiger partial charge in [0.2, 0.25) is 0 Å². The van der Waals surface area contributed by atoms with E-state index in [2.05, 4.69) is 0 Å². The average Bonchev–Trinajstić information content (AvgIpc) is 2.33. The van der Waals surface area contributed by atoms with Gasteiger partial charge in [-0.3, -0.25) is 9.69 Å². The van der Waals surface area contributed by atoms with Crippen molar-refractivity contribution >= 4 is 17.6 Å². The van der Waals surface area contributed by atoms with Gasteiger partial charge >= 0.3 is 5.97 Å². The van der Waals surface area contributed by atoms with E-state index in [1.165, 1.54) is 6.07 Å². The molecule has 0 aliphatic carbocycles. The van der Waals surface area contributed by atoms with E-state index in [9.17, 15) is 9.18 Å². The molecule has 1 N–H and O–H groups in total. The number of carboxylic acids is 1. The second-order valence-corrected chi connectivity index (χ2v) is 5.08. The minimum atomic E-state index is -0.767. The Balaban J connectivity index is 2.02. The van der Waals surface area contributed by atoms with Crippen molar-refractivity contribution in [2.75, 3.05) is 13.1 Å². The van der Waals surface area contributed by atoms with Gasteiger partial charge < -0.3 is 5.11 Å². The Morgan fingerprint density at radius 3 is 3.00 bits per heavy atom. The summed E-state index contributed by atoms with van der Waals surface area (Å²) in [5.74, 6) is -1.44. The van der Waals surface area contributed by atoms with Crippen molar-refractivity contribution in [3.8, 4) is 0 Å². The molecular formula is C13H15ClFNO2. The van der Waals surface area contributed by atoms with Crippen LogP contribution >= 0.6 is 11.6 Å². The van der Waals surface area contributed by atoms with E-state index < -0.39 is 5.97 Å². The molecule has 1 aliphatic heterocycles. The maximum atomic E-state index is 13.6. The van der Waals surface area contributed by atoms with Crippen LogP contribution in [0.15, 0.2) is 18.2 Å². The van der Waals surface area contributed by atoms with Crippen molar-refractivity contribution in [1.29, 1.82) is 0 Å². The minimum absolute atomic E-state index is 0.333. The third-order valence-electron chi connectivity index (χ3n) is 3.26. The normalized spacial score (nSPS) is 20.9. The van der Waals surface area contributed by atoms with E-state index in [4.69, 9.17) is 16.7 Å². The van der Waals surface area contributed by atoms with E-state index >= 15 is 0 Å². The van der Waals surface area contributed by atoms with Gasteiger partial charge in [-0.2, -0.15) is 0 Å². The number of hydrogen-bond acceptors (Lipinski definition) is 2. The molecule has 1 heterocycles. The SMILES string of the molecule is O=C(O)[C@@H]1CCCN(Cc2ccc(Cl)cc2F)C1. The third-order valence-corrected chi connectivity index (χ3v) is 3.50. The molecule has 0 spiro atoms. The Morgan fingerprint density at radius 2 is 2.33 bits per heavy atom. The van der Waals surface area contributed by atoms with Gasteiger partial charge in [0.05, 0.1) is 5.92 Å². The molecule has 0 bridgehead atoms. The van der Waals surface area contributed by atoms with Crippen molar-refractivity contribution in [1.82, 2.24) is 4.90 Å².